The van der Waals surface area contributed by atoms with Crippen molar-refractivity contribution in [3.63, 3.8) is 0 Å². The van der Waals surface area contributed by atoms with Gasteiger partial charge in [0.15, 0.2) is 9.84 Å². The van der Waals surface area contributed by atoms with Crippen molar-refractivity contribution < 1.29 is 23.1 Å². The number of hydrogen-bond acceptors (Lipinski definition) is 4. The van der Waals surface area contributed by atoms with Crippen molar-refractivity contribution in [2.45, 2.75) is 38.6 Å². The molecule has 0 heterocycles. The van der Waals surface area contributed by atoms with Gasteiger partial charge in [-0.3, -0.25) is 9.59 Å². The van der Waals surface area contributed by atoms with E-state index in [1.165, 1.54) is 0 Å². The molecule has 0 spiro atoms. The average molecular weight is 353 g/mol. The number of amides is 1. The molecule has 6 nitrogen and oxygen atoms in total. The maximum absolute atomic E-state index is 12.4. The summed E-state index contributed by atoms with van der Waals surface area (Å²) < 4.78 is 24.8. The first-order valence-corrected chi connectivity index (χ1v) is 9.44. The number of hydrogen-bond donors (Lipinski definition) is 2. The third-order valence-electron chi connectivity index (χ3n) is 4.61. The largest absolute Gasteiger partial charge is 0.481 e. The molecule has 1 aromatic rings. The molecule has 0 radical (unpaired) electrons. The molecule has 0 aromatic heterocycles. The number of aryl methyl sites for hydroxylation is 1. The maximum Gasteiger partial charge on any atom is 0.307 e. The molecular formula is C17H23NO5S. The van der Waals surface area contributed by atoms with Crippen LogP contribution in [0.1, 0.15) is 26.3 Å². The van der Waals surface area contributed by atoms with Crippen molar-refractivity contribution in [3.8, 4) is 0 Å². The molecule has 0 saturated heterocycles. The Hall–Kier alpha value is -1.89. The first-order valence-electron chi connectivity index (χ1n) is 7.79. The fraction of sp³-hybridized carbons (Fsp3) is 0.529. The van der Waals surface area contributed by atoms with Crippen LogP contribution in [-0.4, -0.2) is 37.2 Å². The van der Waals surface area contributed by atoms with Crippen molar-refractivity contribution in [2.75, 3.05) is 5.75 Å². The molecule has 1 saturated carbocycles. The monoisotopic (exact) mass is 353 g/mol. The summed E-state index contributed by atoms with van der Waals surface area (Å²) in [5, 5.41) is 11.8. The van der Waals surface area contributed by atoms with Gasteiger partial charge >= 0.3 is 5.97 Å². The molecule has 1 unspecified atom stereocenters. The van der Waals surface area contributed by atoms with E-state index in [9.17, 15) is 18.0 Å². The molecule has 0 bridgehead atoms. The van der Waals surface area contributed by atoms with Crippen LogP contribution in [0.3, 0.4) is 0 Å². The fourth-order valence-electron chi connectivity index (χ4n) is 3.13. The molecule has 132 valence electrons. The summed E-state index contributed by atoms with van der Waals surface area (Å²) >= 11 is 0. The number of benzene rings is 1. The average Bonchev–Trinajstić information content (AvgIpc) is 3.01. The summed E-state index contributed by atoms with van der Waals surface area (Å²) in [5.74, 6) is -2.98. The number of nitrogens with one attached hydrogen (secondary N) is 1. The van der Waals surface area contributed by atoms with Gasteiger partial charge < -0.3 is 10.4 Å². The van der Waals surface area contributed by atoms with E-state index < -0.39 is 45.0 Å². The second-order valence-corrected chi connectivity index (χ2v) is 9.15. The molecule has 2 N–H and O–H groups in total. The Labute approximate surface area is 142 Å². The smallest absolute Gasteiger partial charge is 0.307 e. The van der Waals surface area contributed by atoms with Gasteiger partial charge in [0.05, 0.1) is 22.5 Å². The van der Waals surface area contributed by atoms with E-state index >= 15 is 0 Å². The van der Waals surface area contributed by atoms with E-state index in [1.807, 2.05) is 6.92 Å². The minimum Gasteiger partial charge on any atom is -0.481 e. The Morgan fingerprint density at radius 3 is 2.21 bits per heavy atom. The summed E-state index contributed by atoms with van der Waals surface area (Å²) in [6.07, 6.45) is 0. The SMILES string of the molecule is Cc1ccc(S(=O)(=O)CC(C)NC(=O)[C@@H]2[C@H](C(=O)O)C2(C)C)cc1. The number of carbonyl (C=O) groups is 2. The van der Waals surface area contributed by atoms with Crippen LogP contribution >= 0.6 is 0 Å². The van der Waals surface area contributed by atoms with Crippen molar-refractivity contribution >= 4 is 21.7 Å². The van der Waals surface area contributed by atoms with E-state index in [0.29, 0.717) is 0 Å². The maximum atomic E-state index is 12.4. The minimum absolute atomic E-state index is 0.212. The van der Waals surface area contributed by atoms with Crippen LogP contribution in [0.4, 0.5) is 0 Å². The molecule has 1 aromatic carbocycles. The summed E-state index contributed by atoms with van der Waals surface area (Å²) in [4.78, 5) is 23.6. The van der Waals surface area contributed by atoms with Gasteiger partial charge in [-0.05, 0) is 31.4 Å². The van der Waals surface area contributed by atoms with Gasteiger partial charge in [-0.1, -0.05) is 31.5 Å². The second-order valence-electron chi connectivity index (χ2n) is 7.12. The number of rotatable bonds is 6. The molecule has 7 heteroatoms. The zero-order chi connectivity index (χ0) is 18.3. The fourth-order valence-corrected chi connectivity index (χ4v) is 4.62. The van der Waals surface area contributed by atoms with Gasteiger partial charge in [0.1, 0.15) is 0 Å². The lowest BCUT2D eigenvalue weighted by atomic mass is 10.1. The van der Waals surface area contributed by atoms with Gasteiger partial charge in [-0.25, -0.2) is 8.42 Å². The van der Waals surface area contributed by atoms with Crippen LogP contribution < -0.4 is 5.32 Å². The van der Waals surface area contributed by atoms with Crippen molar-refractivity contribution in [1.29, 1.82) is 0 Å². The van der Waals surface area contributed by atoms with Gasteiger partial charge in [0.25, 0.3) is 0 Å². The first-order chi connectivity index (χ1) is 11.0. The molecule has 3 atom stereocenters. The van der Waals surface area contributed by atoms with Crippen LogP contribution in [0.5, 0.6) is 0 Å². The van der Waals surface area contributed by atoms with Crippen molar-refractivity contribution in [1.82, 2.24) is 5.32 Å². The third kappa shape index (κ3) is 3.61. The molecule has 0 aliphatic heterocycles. The van der Waals surface area contributed by atoms with E-state index in [0.717, 1.165) is 5.56 Å². The van der Waals surface area contributed by atoms with E-state index in [1.54, 1.807) is 45.0 Å². The molecular weight excluding hydrogens is 330 g/mol. The normalized spacial score (nSPS) is 23.3. The van der Waals surface area contributed by atoms with E-state index in [2.05, 4.69) is 5.32 Å². The summed E-state index contributed by atoms with van der Waals surface area (Å²) in [6.45, 7) is 6.93. The Kier molecular flexibility index (Phi) is 4.77. The number of carboxylic acid groups (broad SMARTS) is 1. The van der Waals surface area contributed by atoms with E-state index in [4.69, 9.17) is 5.11 Å². The quantitative estimate of drug-likeness (QED) is 0.809. The highest BCUT2D eigenvalue weighted by Gasteiger charge is 2.65. The Balaban J connectivity index is 2.01. The van der Waals surface area contributed by atoms with Gasteiger partial charge in [-0.15, -0.1) is 0 Å². The summed E-state index contributed by atoms with van der Waals surface area (Å²) in [5.41, 5.74) is 0.358. The number of carbonyl (C=O) groups excluding carboxylic acids is 1. The van der Waals surface area contributed by atoms with Crippen LogP contribution in [0.15, 0.2) is 29.2 Å². The molecule has 1 aliphatic rings. The predicted octanol–water partition coefficient (Wildman–Crippen LogP) is 1.63. The highest BCUT2D eigenvalue weighted by Crippen LogP contribution is 2.58. The predicted molar refractivity (Wildman–Crippen MR) is 89.2 cm³/mol. The zero-order valence-corrected chi connectivity index (χ0v) is 15.1. The molecule has 2 rings (SSSR count). The lowest BCUT2D eigenvalue weighted by Crippen LogP contribution is -2.39. The van der Waals surface area contributed by atoms with Crippen molar-refractivity contribution in [3.05, 3.63) is 29.8 Å². The van der Waals surface area contributed by atoms with Gasteiger partial charge in [0, 0.05) is 6.04 Å². The highest BCUT2D eigenvalue weighted by atomic mass is 32.2. The lowest BCUT2D eigenvalue weighted by Gasteiger charge is -2.15. The van der Waals surface area contributed by atoms with Crippen LogP contribution in [0.2, 0.25) is 0 Å². The second kappa shape index (κ2) is 6.20. The Morgan fingerprint density at radius 2 is 1.75 bits per heavy atom. The van der Waals surface area contributed by atoms with Crippen molar-refractivity contribution in [2.24, 2.45) is 17.3 Å². The number of carboxylic acids is 1. The molecule has 1 amide bonds. The standard InChI is InChI=1S/C17H23NO5S/c1-10-5-7-12(8-6-10)24(22,23)9-11(2)18-15(19)13-14(16(20)21)17(13,3)4/h5-8,11,13-14H,9H2,1-4H3,(H,18,19)(H,20,21)/t11?,13-,14+/m0/s1. The van der Waals surface area contributed by atoms with Gasteiger partial charge in [-0.2, -0.15) is 0 Å². The Morgan fingerprint density at radius 1 is 1.21 bits per heavy atom. The minimum atomic E-state index is -3.52. The van der Waals surface area contributed by atoms with Crippen LogP contribution in [0, 0.1) is 24.2 Å². The number of sulfone groups is 1. The van der Waals surface area contributed by atoms with Crippen LogP contribution in [-0.2, 0) is 19.4 Å². The topological polar surface area (TPSA) is 101 Å². The summed E-state index contributed by atoms with van der Waals surface area (Å²) in [7, 11) is -3.52. The lowest BCUT2D eigenvalue weighted by molar-refractivity contribution is -0.140. The molecule has 1 aliphatic carbocycles. The van der Waals surface area contributed by atoms with Gasteiger partial charge in [0.2, 0.25) is 5.91 Å². The molecule has 1 fully saturated rings. The number of aliphatic carboxylic acids is 1. The van der Waals surface area contributed by atoms with Crippen LogP contribution in [0.25, 0.3) is 0 Å². The first kappa shape index (κ1) is 18.4. The Bertz CT molecular complexity index is 752. The highest BCUT2D eigenvalue weighted by molar-refractivity contribution is 7.91. The molecule has 24 heavy (non-hydrogen) atoms. The van der Waals surface area contributed by atoms with E-state index in [-0.39, 0.29) is 10.6 Å². The zero-order valence-electron chi connectivity index (χ0n) is 14.2. The summed E-state index contributed by atoms with van der Waals surface area (Å²) in [6, 6.07) is 5.93. The third-order valence-corrected chi connectivity index (χ3v) is 6.54.